The van der Waals surface area contributed by atoms with E-state index in [-0.39, 0.29) is 12.2 Å². The molecule has 0 amide bonds. The van der Waals surface area contributed by atoms with E-state index < -0.39 is 0 Å². The van der Waals surface area contributed by atoms with Gasteiger partial charge in [0.1, 0.15) is 5.82 Å². The maximum atomic E-state index is 5.81. The number of hydrogen-bond acceptors (Lipinski definition) is 6. The number of nitrogens with one attached hydrogen (secondary N) is 2. The smallest absolute Gasteiger partial charge is 0.191 e. The van der Waals surface area contributed by atoms with Crippen LogP contribution in [0.1, 0.15) is 43.1 Å². The average Bonchev–Trinajstić information content (AvgIpc) is 3.20. The molecule has 8 heteroatoms. The number of morpholine rings is 1. The number of nitrogens with zero attached hydrogens (tertiary/aromatic N) is 4. The highest BCUT2D eigenvalue weighted by molar-refractivity contribution is 7.11. The average molecular weight is 431 g/mol. The van der Waals surface area contributed by atoms with E-state index in [1.165, 1.54) is 9.88 Å². The van der Waals surface area contributed by atoms with Crippen LogP contribution in [0.5, 0.6) is 0 Å². The standard InChI is InChI=1S/C22H34N6OS/c1-5-19-13-26-21(30-19)9-10-24-22(23-6-2)27-12-18-7-8-20(25-11-18)28-14-16(3)29-17(4)15-28/h7-8,11,13,16-17H,5-6,9-10,12,14-15H2,1-4H3,(H2,23,24,27). The second-order valence-corrected chi connectivity index (χ2v) is 8.83. The lowest BCUT2D eigenvalue weighted by Crippen LogP contribution is -2.45. The van der Waals surface area contributed by atoms with E-state index in [2.05, 4.69) is 65.3 Å². The molecule has 3 rings (SSSR count). The van der Waals surface area contributed by atoms with Crippen molar-refractivity contribution in [2.24, 2.45) is 4.99 Å². The van der Waals surface area contributed by atoms with Crippen molar-refractivity contribution in [3.8, 4) is 0 Å². The largest absolute Gasteiger partial charge is 0.372 e. The van der Waals surface area contributed by atoms with Crippen molar-refractivity contribution in [3.05, 3.63) is 40.0 Å². The fraction of sp³-hybridized carbons (Fsp3) is 0.591. The van der Waals surface area contributed by atoms with Crippen molar-refractivity contribution in [1.29, 1.82) is 0 Å². The van der Waals surface area contributed by atoms with Gasteiger partial charge in [0.25, 0.3) is 0 Å². The quantitative estimate of drug-likeness (QED) is 0.495. The molecule has 0 radical (unpaired) electrons. The van der Waals surface area contributed by atoms with Gasteiger partial charge in [0, 0.05) is 49.9 Å². The number of aliphatic imine (C=N–C) groups is 1. The van der Waals surface area contributed by atoms with Crippen LogP contribution in [-0.4, -0.2) is 54.3 Å². The summed E-state index contributed by atoms with van der Waals surface area (Å²) in [6.45, 7) is 12.4. The Morgan fingerprint density at radius 1 is 1.17 bits per heavy atom. The topological polar surface area (TPSA) is 74.7 Å². The molecule has 2 atom stereocenters. The van der Waals surface area contributed by atoms with Gasteiger partial charge in [-0.15, -0.1) is 11.3 Å². The Balaban J connectivity index is 1.52. The fourth-order valence-corrected chi connectivity index (χ4v) is 4.35. The molecule has 2 aromatic rings. The first-order valence-electron chi connectivity index (χ1n) is 10.9. The van der Waals surface area contributed by atoms with E-state index in [4.69, 9.17) is 9.73 Å². The van der Waals surface area contributed by atoms with Gasteiger partial charge >= 0.3 is 0 Å². The van der Waals surface area contributed by atoms with Crippen molar-refractivity contribution in [3.63, 3.8) is 0 Å². The highest BCUT2D eigenvalue weighted by atomic mass is 32.1. The van der Waals surface area contributed by atoms with Crippen molar-refractivity contribution in [2.75, 3.05) is 31.1 Å². The summed E-state index contributed by atoms with van der Waals surface area (Å²) in [7, 11) is 0. The van der Waals surface area contributed by atoms with E-state index in [1.54, 1.807) is 11.3 Å². The normalized spacial score (nSPS) is 19.7. The molecule has 0 bridgehead atoms. The van der Waals surface area contributed by atoms with E-state index >= 15 is 0 Å². The van der Waals surface area contributed by atoms with Gasteiger partial charge < -0.3 is 20.3 Å². The third-order valence-corrected chi connectivity index (χ3v) is 6.10. The Hall–Kier alpha value is -2.19. The van der Waals surface area contributed by atoms with Gasteiger partial charge in [-0.1, -0.05) is 13.0 Å². The highest BCUT2D eigenvalue weighted by Gasteiger charge is 2.22. The minimum absolute atomic E-state index is 0.228. The highest BCUT2D eigenvalue weighted by Crippen LogP contribution is 2.18. The molecule has 2 N–H and O–H groups in total. The summed E-state index contributed by atoms with van der Waals surface area (Å²) in [5.74, 6) is 1.83. The molecular formula is C22H34N6OS. The maximum absolute atomic E-state index is 5.81. The summed E-state index contributed by atoms with van der Waals surface area (Å²) in [5.41, 5.74) is 1.10. The van der Waals surface area contributed by atoms with Gasteiger partial charge in [-0.2, -0.15) is 0 Å². The van der Waals surface area contributed by atoms with Crippen molar-refractivity contribution in [2.45, 2.75) is 59.3 Å². The second kappa shape index (κ2) is 11.3. The summed E-state index contributed by atoms with van der Waals surface area (Å²) < 4.78 is 5.81. The van der Waals surface area contributed by atoms with Gasteiger partial charge in [-0.3, -0.25) is 0 Å². The minimum atomic E-state index is 0.228. The molecule has 0 aromatic carbocycles. The van der Waals surface area contributed by atoms with Gasteiger partial charge in [0.05, 0.1) is 23.8 Å². The molecule has 7 nitrogen and oxygen atoms in total. The van der Waals surface area contributed by atoms with Crippen LogP contribution in [0.2, 0.25) is 0 Å². The number of aromatic nitrogens is 2. The number of hydrogen-bond donors (Lipinski definition) is 2. The second-order valence-electron chi connectivity index (χ2n) is 7.63. The van der Waals surface area contributed by atoms with Crippen LogP contribution in [0.4, 0.5) is 5.82 Å². The van der Waals surface area contributed by atoms with Crippen LogP contribution in [0.3, 0.4) is 0 Å². The number of rotatable bonds is 8. The zero-order valence-corrected chi connectivity index (χ0v) is 19.3. The lowest BCUT2D eigenvalue weighted by Gasteiger charge is -2.36. The van der Waals surface area contributed by atoms with Crippen LogP contribution in [0.15, 0.2) is 29.5 Å². The molecule has 0 aliphatic carbocycles. The summed E-state index contributed by atoms with van der Waals surface area (Å²) in [6.07, 6.45) is 6.31. The number of ether oxygens (including phenoxy) is 1. The Bertz CT molecular complexity index is 796. The van der Waals surface area contributed by atoms with Crippen LogP contribution >= 0.6 is 11.3 Å². The number of guanidine groups is 1. The first kappa shape index (κ1) is 22.5. The predicted octanol–water partition coefficient (Wildman–Crippen LogP) is 3.01. The number of aryl methyl sites for hydroxylation is 1. The molecule has 2 unspecified atom stereocenters. The van der Waals surface area contributed by atoms with E-state index in [0.717, 1.165) is 56.4 Å². The fourth-order valence-electron chi connectivity index (χ4n) is 3.49. The third-order valence-electron chi connectivity index (χ3n) is 4.90. The molecule has 2 aromatic heterocycles. The van der Waals surface area contributed by atoms with Crippen LogP contribution in [0, 0.1) is 0 Å². The SMILES string of the molecule is CCNC(=NCc1ccc(N2CC(C)OC(C)C2)nc1)NCCc1ncc(CC)s1. The summed E-state index contributed by atoms with van der Waals surface area (Å²) in [6, 6.07) is 4.20. The van der Waals surface area contributed by atoms with E-state index in [9.17, 15) is 0 Å². The molecule has 0 saturated carbocycles. The minimum Gasteiger partial charge on any atom is -0.372 e. The molecule has 1 aliphatic heterocycles. The Labute approximate surface area is 184 Å². The predicted molar refractivity (Wildman–Crippen MR) is 124 cm³/mol. The zero-order valence-electron chi connectivity index (χ0n) is 18.5. The molecule has 164 valence electrons. The van der Waals surface area contributed by atoms with Crippen LogP contribution in [-0.2, 0) is 24.1 Å². The molecule has 3 heterocycles. The van der Waals surface area contributed by atoms with Gasteiger partial charge in [-0.05, 0) is 38.8 Å². The van der Waals surface area contributed by atoms with Crippen molar-refractivity contribution < 1.29 is 4.74 Å². The number of thiazole rings is 1. The van der Waals surface area contributed by atoms with E-state index in [0.29, 0.717) is 6.54 Å². The van der Waals surface area contributed by atoms with Gasteiger partial charge in [0.2, 0.25) is 0 Å². The Kier molecular flexibility index (Phi) is 8.45. The third kappa shape index (κ3) is 6.67. The Morgan fingerprint density at radius 3 is 2.60 bits per heavy atom. The first-order chi connectivity index (χ1) is 14.6. The molecule has 1 saturated heterocycles. The molecule has 1 aliphatic rings. The summed E-state index contributed by atoms with van der Waals surface area (Å²) in [5, 5.41) is 7.88. The number of pyridine rings is 1. The maximum Gasteiger partial charge on any atom is 0.191 e. The summed E-state index contributed by atoms with van der Waals surface area (Å²) >= 11 is 1.79. The lowest BCUT2D eigenvalue weighted by molar-refractivity contribution is -0.00545. The monoisotopic (exact) mass is 430 g/mol. The zero-order chi connectivity index (χ0) is 21.3. The number of anilines is 1. The van der Waals surface area contributed by atoms with Crippen LogP contribution in [0.25, 0.3) is 0 Å². The molecule has 1 fully saturated rings. The van der Waals surface area contributed by atoms with Gasteiger partial charge in [0.15, 0.2) is 5.96 Å². The molecule has 30 heavy (non-hydrogen) atoms. The summed E-state index contributed by atoms with van der Waals surface area (Å²) in [4.78, 5) is 17.5. The van der Waals surface area contributed by atoms with Crippen molar-refractivity contribution >= 4 is 23.1 Å². The van der Waals surface area contributed by atoms with Crippen molar-refractivity contribution in [1.82, 2.24) is 20.6 Å². The van der Waals surface area contributed by atoms with Gasteiger partial charge in [-0.25, -0.2) is 15.0 Å². The molecular weight excluding hydrogens is 396 g/mol. The molecule has 0 spiro atoms. The lowest BCUT2D eigenvalue weighted by atomic mass is 10.2. The van der Waals surface area contributed by atoms with Crippen LogP contribution < -0.4 is 15.5 Å². The first-order valence-corrected chi connectivity index (χ1v) is 11.7. The van der Waals surface area contributed by atoms with E-state index in [1.807, 2.05) is 12.4 Å². The Morgan fingerprint density at radius 2 is 1.97 bits per heavy atom.